The van der Waals surface area contributed by atoms with E-state index < -0.39 is 10.0 Å². The van der Waals surface area contributed by atoms with Crippen molar-refractivity contribution in [3.63, 3.8) is 0 Å². The maximum Gasteiger partial charge on any atom is 0.268 e. The van der Waals surface area contributed by atoms with Gasteiger partial charge >= 0.3 is 0 Å². The summed E-state index contributed by atoms with van der Waals surface area (Å²) < 4.78 is 33.6. The van der Waals surface area contributed by atoms with Crippen LogP contribution in [0.2, 0.25) is 0 Å². The third-order valence-electron chi connectivity index (χ3n) is 4.95. The summed E-state index contributed by atoms with van der Waals surface area (Å²) in [7, 11) is -3.67. The van der Waals surface area contributed by atoms with Gasteiger partial charge in [-0.05, 0) is 55.5 Å². The lowest BCUT2D eigenvalue weighted by molar-refractivity contribution is 0.0848. The topological polar surface area (TPSA) is 46.6 Å². The lowest BCUT2D eigenvalue weighted by Crippen LogP contribution is -2.34. The molecule has 0 spiro atoms. The number of para-hydroxylation sites is 1. The molecule has 0 unspecified atom stereocenters. The van der Waals surface area contributed by atoms with Crippen LogP contribution < -0.4 is 4.31 Å². The second-order valence-electron chi connectivity index (χ2n) is 6.70. The summed E-state index contributed by atoms with van der Waals surface area (Å²) in [6, 6.07) is 16.2. The highest BCUT2D eigenvalue weighted by Gasteiger charge is 2.41. The zero-order valence-electron chi connectivity index (χ0n) is 14.1. The lowest BCUT2D eigenvalue weighted by Gasteiger charge is -2.34. The van der Waals surface area contributed by atoms with Crippen molar-refractivity contribution in [1.29, 1.82) is 0 Å². The van der Waals surface area contributed by atoms with E-state index in [-0.39, 0.29) is 6.10 Å². The number of rotatable bonds is 4. The predicted molar refractivity (Wildman–Crippen MR) is 97.8 cm³/mol. The van der Waals surface area contributed by atoms with Gasteiger partial charge in [0.1, 0.15) is 0 Å². The number of fused-ring (bicyclic) bond motifs is 1. The molecule has 0 N–H and O–H groups in total. The second kappa shape index (κ2) is 6.32. The smallest absolute Gasteiger partial charge is 0.268 e. The van der Waals surface area contributed by atoms with Crippen molar-refractivity contribution < 1.29 is 13.2 Å². The molecule has 2 fully saturated rings. The van der Waals surface area contributed by atoms with Gasteiger partial charge in [-0.25, -0.2) is 12.7 Å². The summed E-state index contributed by atoms with van der Waals surface area (Å²) >= 11 is 0. The van der Waals surface area contributed by atoms with Gasteiger partial charge in [0.05, 0.1) is 16.7 Å². The third kappa shape index (κ3) is 2.98. The molecular formula is C20H21NO3S. The zero-order chi connectivity index (χ0) is 17.4. The Morgan fingerprint density at radius 1 is 1.08 bits per heavy atom. The normalized spacial score (nSPS) is 24.0. The maximum atomic E-state index is 13.3. The van der Waals surface area contributed by atoms with E-state index in [4.69, 9.17) is 4.74 Å². The largest absolute Gasteiger partial charge is 0.373 e. The molecule has 0 amide bonds. The molecule has 5 heteroatoms. The molecule has 1 saturated carbocycles. The molecule has 0 aromatic heterocycles. The molecule has 2 aromatic carbocycles. The number of anilines is 1. The Kier molecular flexibility index (Phi) is 4.13. The van der Waals surface area contributed by atoms with Crippen LogP contribution in [0.25, 0.3) is 0 Å². The van der Waals surface area contributed by atoms with Gasteiger partial charge in [-0.3, -0.25) is 0 Å². The molecule has 1 aliphatic carbocycles. The number of aryl methyl sites for hydroxylation is 1. The summed E-state index contributed by atoms with van der Waals surface area (Å²) in [5, 5.41) is 0. The summed E-state index contributed by atoms with van der Waals surface area (Å²) in [5.74, 6) is 0.547. The number of hydrogen-bond donors (Lipinski definition) is 0. The highest BCUT2D eigenvalue weighted by molar-refractivity contribution is 7.93. The van der Waals surface area contributed by atoms with Crippen LogP contribution in [0.15, 0.2) is 71.3 Å². The average molecular weight is 355 g/mol. The molecule has 25 heavy (non-hydrogen) atoms. The summed E-state index contributed by atoms with van der Waals surface area (Å²) in [6.07, 6.45) is 3.83. The van der Waals surface area contributed by atoms with Gasteiger partial charge in [0.15, 0.2) is 0 Å². The molecule has 2 aromatic rings. The molecule has 1 aliphatic heterocycles. The SMILES string of the molecule is Cc1ccc(S(=O)(=O)N(/C=C2\C[C@@H]3CCO[C@H]23)c2ccccc2)cc1. The monoisotopic (exact) mass is 355 g/mol. The minimum Gasteiger partial charge on any atom is -0.373 e. The van der Waals surface area contributed by atoms with Crippen molar-refractivity contribution in [1.82, 2.24) is 0 Å². The van der Waals surface area contributed by atoms with E-state index in [1.54, 1.807) is 18.3 Å². The van der Waals surface area contributed by atoms with Gasteiger partial charge in [0.2, 0.25) is 0 Å². The first-order chi connectivity index (χ1) is 12.1. The fraction of sp³-hybridized carbons (Fsp3) is 0.300. The van der Waals surface area contributed by atoms with E-state index in [1.165, 1.54) is 4.31 Å². The van der Waals surface area contributed by atoms with Gasteiger partial charge < -0.3 is 4.74 Å². The molecule has 130 valence electrons. The molecule has 0 radical (unpaired) electrons. The first-order valence-corrected chi connectivity index (χ1v) is 9.98. The highest BCUT2D eigenvalue weighted by atomic mass is 32.2. The first kappa shape index (κ1) is 16.4. The third-order valence-corrected chi connectivity index (χ3v) is 6.65. The Balaban J connectivity index is 1.75. The van der Waals surface area contributed by atoms with E-state index in [9.17, 15) is 8.42 Å². The highest BCUT2D eigenvalue weighted by Crippen LogP contribution is 2.43. The van der Waals surface area contributed by atoms with Crippen molar-refractivity contribution in [2.45, 2.75) is 30.8 Å². The molecular weight excluding hydrogens is 334 g/mol. The van der Waals surface area contributed by atoms with E-state index in [1.807, 2.05) is 49.4 Å². The van der Waals surface area contributed by atoms with Crippen molar-refractivity contribution in [3.05, 3.63) is 71.9 Å². The molecule has 1 saturated heterocycles. The van der Waals surface area contributed by atoms with Crippen molar-refractivity contribution >= 4 is 15.7 Å². The number of nitrogens with zero attached hydrogens (tertiary/aromatic N) is 1. The van der Waals surface area contributed by atoms with Crippen LogP contribution in [0.4, 0.5) is 5.69 Å². The summed E-state index contributed by atoms with van der Waals surface area (Å²) in [4.78, 5) is 0.294. The minimum absolute atomic E-state index is 0.0828. The van der Waals surface area contributed by atoms with E-state index >= 15 is 0 Å². The number of hydrogen-bond acceptors (Lipinski definition) is 3. The molecule has 0 bridgehead atoms. The fourth-order valence-electron chi connectivity index (χ4n) is 3.47. The van der Waals surface area contributed by atoms with Crippen LogP contribution in [-0.2, 0) is 14.8 Å². The average Bonchev–Trinajstić information content (AvgIpc) is 2.97. The summed E-state index contributed by atoms with van der Waals surface area (Å²) in [6.45, 7) is 2.71. The molecule has 1 heterocycles. The second-order valence-corrected chi connectivity index (χ2v) is 8.51. The van der Waals surface area contributed by atoms with Crippen molar-refractivity contribution in [3.8, 4) is 0 Å². The van der Waals surface area contributed by atoms with Crippen LogP contribution >= 0.6 is 0 Å². The number of benzene rings is 2. The zero-order valence-corrected chi connectivity index (χ0v) is 14.9. The van der Waals surface area contributed by atoms with Gasteiger partial charge in [-0.1, -0.05) is 35.9 Å². The quantitative estimate of drug-likeness (QED) is 0.836. The van der Waals surface area contributed by atoms with Crippen molar-refractivity contribution in [2.75, 3.05) is 10.9 Å². The first-order valence-electron chi connectivity index (χ1n) is 8.54. The Labute approximate surface area is 148 Å². The van der Waals surface area contributed by atoms with E-state index in [0.29, 0.717) is 16.5 Å². The molecule has 2 aliphatic rings. The molecule has 4 rings (SSSR count). The van der Waals surface area contributed by atoms with Crippen molar-refractivity contribution in [2.24, 2.45) is 5.92 Å². The lowest BCUT2D eigenvalue weighted by atomic mass is 9.77. The van der Waals surface area contributed by atoms with E-state index in [0.717, 1.165) is 30.6 Å². The van der Waals surface area contributed by atoms with Gasteiger partial charge in [0, 0.05) is 12.8 Å². The molecule has 4 nitrogen and oxygen atoms in total. The Morgan fingerprint density at radius 2 is 1.80 bits per heavy atom. The van der Waals surface area contributed by atoms with Crippen LogP contribution in [0.3, 0.4) is 0 Å². The molecule has 2 atom stereocenters. The van der Waals surface area contributed by atoms with Gasteiger partial charge in [-0.15, -0.1) is 0 Å². The Bertz CT molecular complexity index is 888. The predicted octanol–water partition coefficient (Wildman–Crippen LogP) is 3.88. The maximum absolute atomic E-state index is 13.3. The van der Waals surface area contributed by atoms with Gasteiger partial charge in [0.25, 0.3) is 10.0 Å². The number of ether oxygens (including phenoxy) is 1. The van der Waals surface area contributed by atoms with Gasteiger partial charge in [-0.2, -0.15) is 0 Å². The Morgan fingerprint density at radius 3 is 2.48 bits per heavy atom. The van der Waals surface area contributed by atoms with Crippen LogP contribution in [0, 0.1) is 12.8 Å². The van der Waals surface area contributed by atoms with Crippen LogP contribution in [-0.4, -0.2) is 21.1 Å². The minimum atomic E-state index is -3.67. The number of sulfonamides is 1. The standard InChI is InChI=1S/C20H21NO3S/c1-15-7-9-19(10-8-15)25(22,23)21(18-5-3-2-4-6-18)14-17-13-16-11-12-24-20(16)17/h2-10,14,16,20H,11-13H2,1H3/b17-14+/t16-,20-/m0/s1. The Hall–Kier alpha value is -2.11. The van der Waals surface area contributed by atoms with Crippen LogP contribution in [0.1, 0.15) is 18.4 Å². The van der Waals surface area contributed by atoms with E-state index in [2.05, 4.69) is 0 Å². The van der Waals surface area contributed by atoms with Crippen LogP contribution in [0.5, 0.6) is 0 Å². The fourth-order valence-corrected chi connectivity index (χ4v) is 4.85. The summed E-state index contributed by atoms with van der Waals surface area (Å²) in [5.41, 5.74) is 2.73.